The molecule has 0 fully saturated rings. The summed E-state index contributed by atoms with van der Waals surface area (Å²) in [4.78, 5) is 12.7. The van der Waals surface area contributed by atoms with Gasteiger partial charge in [0.25, 0.3) is 0 Å². The molecule has 0 saturated carbocycles. The van der Waals surface area contributed by atoms with Crippen LogP contribution in [0.3, 0.4) is 0 Å². The lowest BCUT2D eigenvalue weighted by atomic mass is 10.2. The smallest absolute Gasteiger partial charge is 0.240 e. The van der Waals surface area contributed by atoms with Crippen LogP contribution in [0.25, 0.3) is 10.9 Å². The molecule has 9 heteroatoms. The Morgan fingerprint density at radius 2 is 1.76 bits per heavy atom. The Bertz CT molecular complexity index is 1500. The highest BCUT2D eigenvalue weighted by Gasteiger charge is 2.23. The molecular weight excluding hydrogens is 459 g/mol. The summed E-state index contributed by atoms with van der Waals surface area (Å²) < 4.78 is 52.7. The van der Waals surface area contributed by atoms with Crippen LogP contribution in [-0.2, 0) is 33.5 Å². The number of ether oxygens (including phenoxy) is 2. The molecule has 0 atom stereocenters. The van der Waals surface area contributed by atoms with Gasteiger partial charge in [-0.05, 0) is 29.8 Å². The van der Waals surface area contributed by atoms with E-state index in [2.05, 4.69) is 5.32 Å². The molecule has 1 aromatic heterocycles. The zero-order chi connectivity index (χ0) is 23.7. The van der Waals surface area contributed by atoms with Crippen LogP contribution in [0, 0.1) is 5.82 Å². The van der Waals surface area contributed by atoms with Crippen molar-refractivity contribution >= 4 is 26.6 Å². The van der Waals surface area contributed by atoms with Gasteiger partial charge in [-0.3, -0.25) is 4.79 Å². The minimum Gasteiger partial charge on any atom is -0.454 e. The van der Waals surface area contributed by atoms with E-state index < -0.39 is 21.4 Å². The van der Waals surface area contributed by atoms with E-state index in [1.54, 1.807) is 47.0 Å². The van der Waals surface area contributed by atoms with Gasteiger partial charge in [-0.1, -0.05) is 42.5 Å². The van der Waals surface area contributed by atoms with E-state index in [-0.39, 0.29) is 36.2 Å². The second-order valence-electron chi connectivity index (χ2n) is 7.95. The van der Waals surface area contributed by atoms with E-state index in [0.29, 0.717) is 22.4 Å². The summed E-state index contributed by atoms with van der Waals surface area (Å²) in [6.45, 7) is 0.390. The maximum atomic E-state index is 14.1. The van der Waals surface area contributed by atoms with E-state index >= 15 is 0 Å². The SMILES string of the molecule is O=C(Cn1cc(S(=O)(=O)Cc2ccccc2F)c2ccccc21)NCc1ccc2c(c1)OCO2. The Morgan fingerprint density at radius 1 is 1.00 bits per heavy atom. The second-order valence-corrected chi connectivity index (χ2v) is 9.91. The van der Waals surface area contributed by atoms with Crippen LogP contribution in [0.2, 0.25) is 0 Å². The summed E-state index contributed by atoms with van der Waals surface area (Å²) in [6.07, 6.45) is 1.45. The molecule has 7 nitrogen and oxygen atoms in total. The molecule has 34 heavy (non-hydrogen) atoms. The molecule has 174 valence electrons. The largest absolute Gasteiger partial charge is 0.454 e. The number of aromatic nitrogens is 1. The van der Waals surface area contributed by atoms with Gasteiger partial charge in [0.15, 0.2) is 21.3 Å². The maximum absolute atomic E-state index is 14.1. The Hall–Kier alpha value is -3.85. The zero-order valence-corrected chi connectivity index (χ0v) is 18.8. The minimum atomic E-state index is -3.86. The Labute approximate surface area is 195 Å². The van der Waals surface area contributed by atoms with E-state index in [9.17, 15) is 17.6 Å². The third-order valence-corrected chi connectivity index (χ3v) is 7.32. The molecular formula is C25H21FN2O5S. The summed E-state index contributed by atoms with van der Waals surface area (Å²) >= 11 is 0. The number of nitrogens with zero attached hydrogens (tertiary/aromatic N) is 1. The normalized spacial score (nSPS) is 12.7. The van der Waals surface area contributed by atoms with Gasteiger partial charge in [-0.25, -0.2) is 12.8 Å². The average Bonchev–Trinajstić information content (AvgIpc) is 3.44. The summed E-state index contributed by atoms with van der Waals surface area (Å²) in [5.74, 6) is -0.0238. The summed E-state index contributed by atoms with van der Waals surface area (Å²) in [5.41, 5.74) is 1.55. The number of para-hydroxylation sites is 1. The van der Waals surface area contributed by atoms with Crippen molar-refractivity contribution in [3.8, 4) is 11.5 Å². The van der Waals surface area contributed by atoms with Crippen LogP contribution in [0.1, 0.15) is 11.1 Å². The third kappa shape index (κ3) is 4.34. The third-order valence-electron chi connectivity index (χ3n) is 5.63. The van der Waals surface area contributed by atoms with Crippen molar-refractivity contribution in [1.29, 1.82) is 0 Å². The zero-order valence-electron chi connectivity index (χ0n) is 18.0. The lowest BCUT2D eigenvalue weighted by molar-refractivity contribution is -0.121. The summed E-state index contributed by atoms with van der Waals surface area (Å²) in [5, 5.41) is 3.33. The monoisotopic (exact) mass is 480 g/mol. The standard InChI is InChI=1S/C25H21FN2O5S/c26-20-7-3-1-5-18(20)15-34(30,31)24-13-28(21-8-4-2-6-19(21)24)14-25(29)27-12-17-9-10-22-23(11-17)33-16-32-22/h1-11,13H,12,14-16H2,(H,27,29). The van der Waals surface area contributed by atoms with E-state index in [4.69, 9.17) is 9.47 Å². The van der Waals surface area contributed by atoms with E-state index in [1.807, 2.05) is 6.07 Å². The number of benzene rings is 3. The molecule has 1 amide bonds. The van der Waals surface area contributed by atoms with Gasteiger partial charge < -0.3 is 19.4 Å². The molecule has 5 rings (SSSR count). The number of fused-ring (bicyclic) bond motifs is 2. The molecule has 1 N–H and O–H groups in total. The molecule has 3 aromatic carbocycles. The number of amides is 1. The Kier molecular flexibility index (Phi) is 5.70. The first-order valence-electron chi connectivity index (χ1n) is 10.6. The van der Waals surface area contributed by atoms with Crippen molar-refractivity contribution in [1.82, 2.24) is 9.88 Å². The number of hydrogen-bond acceptors (Lipinski definition) is 5. The highest BCUT2D eigenvalue weighted by molar-refractivity contribution is 7.90. The van der Waals surface area contributed by atoms with Crippen molar-refractivity contribution in [3.05, 3.63) is 89.9 Å². The molecule has 0 bridgehead atoms. The topological polar surface area (TPSA) is 86.6 Å². The first-order valence-corrected chi connectivity index (χ1v) is 12.3. The van der Waals surface area contributed by atoms with E-state index in [1.165, 1.54) is 24.4 Å². The van der Waals surface area contributed by atoms with Crippen LogP contribution in [0.4, 0.5) is 4.39 Å². The van der Waals surface area contributed by atoms with Crippen LogP contribution in [-0.4, -0.2) is 25.7 Å². The van der Waals surface area contributed by atoms with Crippen molar-refractivity contribution in [2.24, 2.45) is 0 Å². The van der Waals surface area contributed by atoms with Gasteiger partial charge >= 0.3 is 0 Å². The predicted octanol–water partition coefficient (Wildman–Crippen LogP) is 3.80. The average molecular weight is 481 g/mol. The van der Waals surface area contributed by atoms with Crippen LogP contribution in [0.15, 0.2) is 77.8 Å². The van der Waals surface area contributed by atoms with Crippen molar-refractivity contribution in [3.63, 3.8) is 0 Å². The van der Waals surface area contributed by atoms with Crippen molar-refractivity contribution < 1.29 is 27.1 Å². The van der Waals surface area contributed by atoms with Gasteiger partial charge in [0.1, 0.15) is 12.4 Å². The van der Waals surface area contributed by atoms with Crippen LogP contribution < -0.4 is 14.8 Å². The quantitative estimate of drug-likeness (QED) is 0.435. The maximum Gasteiger partial charge on any atom is 0.240 e. The van der Waals surface area contributed by atoms with E-state index in [0.717, 1.165) is 5.56 Å². The fourth-order valence-corrected chi connectivity index (χ4v) is 5.55. The van der Waals surface area contributed by atoms with Crippen molar-refractivity contribution in [2.75, 3.05) is 6.79 Å². The van der Waals surface area contributed by atoms with Gasteiger partial charge in [0.2, 0.25) is 12.7 Å². The Morgan fingerprint density at radius 3 is 2.62 bits per heavy atom. The molecule has 0 aliphatic carbocycles. The van der Waals surface area contributed by atoms with Crippen LogP contribution >= 0.6 is 0 Å². The second kappa shape index (κ2) is 8.83. The lowest BCUT2D eigenvalue weighted by Crippen LogP contribution is -2.26. The summed E-state index contributed by atoms with van der Waals surface area (Å²) in [6, 6.07) is 18.2. The van der Waals surface area contributed by atoms with Gasteiger partial charge in [-0.2, -0.15) is 0 Å². The molecule has 1 aliphatic heterocycles. The molecule has 0 unspecified atom stereocenters. The first-order chi connectivity index (χ1) is 16.4. The fraction of sp³-hybridized carbons (Fsp3) is 0.160. The molecule has 0 saturated heterocycles. The van der Waals surface area contributed by atoms with Crippen molar-refractivity contribution in [2.45, 2.75) is 23.7 Å². The molecule has 2 heterocycles. The molecule has 1 aliphatic rings. The number of halogens is 1. The minimum absolute atomic E-state index is 0.0647. The highest BCUT2D eigenvalue weighted by atomic mass is 32.2. The van der Waals surface area contributed by atoms with Gasteiger partial charge in [-0.15, -0.1) is 0 Å². The predicted molar refractivity (Wildman–Crippen MR) is 124 cm³/mol. The lowest BCUT2D eigenvalue weighted by Gasteiger charge is -2.08. The summed E-state index contributed by atoms with van der Waals surface area (Å²) in [7, 11) is -3.86. The number of rotatable bonds is 7. The van der Waals surface area contributed by atoms with Crippen LogP contribution in [0.5, 0.6) is 11.5 Å². The highest BCUT2D eigenvalue weighted by Crippen LogP contribution is 2.32. The number of carbonyl (C=O) groups is 1. The molecule has 0 spiro atoms. The first kappa shape index (κ1) is 22.0. The number of nitrogens with one attached hydrogen (secondary N) is 1. The fourth-order valence-electron chi connectivity index (χ4n) is 3.95. The van der Waals surface area contributed by atoms with Gasteiger partial charge in [0.05, 0.1) is 10.6 Å². The molecule has 4 aromatic rings. The number of carbonyl (C=O) groups excluding carboxylic acids is 1. The number of hydrogen-bond donors (Lipinski definition) is 1. The van der Waals surface area contributed by atoms with Gasteiger partial charge in [0, 0.05) is 29.2 Å². The molecule has 0 radical (unpaired) electrons. The number of sulfone groups is 1. The Balaban J connectivity index is 1.36.